The summed E-state index contributed by atoms with van der Waals surface area (Å²) in [5.41, 5.74) is 0.417. The molecule has 1 aliphatic heterocycles. The number of ether oxygens (including phenoxy) is 2. The second-order valence-electron chi connectivity index (χ2n) is 7.03. The predicted octanol–water partition coefficient (Wildman–Crippen LogP) is 2.04. The first kappa shape index (κ1) is 23.0. The van der Waals surface area contributed by atoms with Crippen LogP contribution >= 0.6 is 0 Å². The highest BCUT2D eigenvalue weighted by atomic mass is 32.2. The third-order valence-electron chi connectivity index (χ3n) is 5.06. The summed E-state index contributed by atoms with van der Waals surface area (Å²) >= 11 is 0. The lowest BCUT2D eigenvalue weighted by atomic mass is 9.96. The van der Waals surface area contributed by atoms with Crippen LogP contribution in [0.3, 0.4) is 0 Å². The number of likely N-dealkylation sites (tertiary alicyclic amines) is 1. The second-order valence-corrected chi connectivity index (χ2v) is 8.89. The van der Waals surface area contributed by atoms with Crippen molar-refractivity contribution in [1.29, 1.82) is 0 Å². The minimum atomic E-state index is -3.70. The van der Waals surface area contributed by atoms with Gasteiger partial charge < -0.3 is 14.4 Å². The number of amides is 1. The van der Waals surface area contributed by atoms with Gasteiger partial charge in [-0.25, -0.2) is 8.42 Å². The van der Waals surface area contributed by atoms with Gasteiger partial charge in [0.25, 0.3) is 0 Å². The summed E-state index contributed by atoms with van der Waals surface area (Å²) in [6, 6.07) is 5.82. The van der Waals surface area contributed by atoms with E-state index in [0.717, 1.165) is 6.26 Å². The van der Waals surface area contributed by atoms with E-state index in [1.54, 1.807) is 36.1 Å². The number of hydrogen-bond donors (Lipinski definition) is 0. The maximum atomic E-state index is 13.2. The number of esters is 1. The summed E-state index contributed by atoms with van der Waals surface area (Å²) in [6.07, 6.45) is 2.45. The summed E-state index contributed by atoms with van der Waals surface area (Å²) < 4.78 is 36.5. The Morgan fingerprint density at radius 2 is 1.76 bits per heavy atom. The quantitative estimate of drug-likeness (QED) is 0.591. The molecule has 1 heterocycles. The topological polar surface area (TPSA) is 93.2 Å². The van der Waals surface area contributed by atoms with Crippen molar-refractivity contribution in [1.82, 2.24) is 4.90 Å². The fourth-order valence-corrected chi connectivity index (χ4v) is 4.82. The fourth-order valence-electron chi connectivity index (χ4n) is 3.61. The first-order chi connectivity index (χ1) is 13.7. The molecule has 162 valence electrons. The smallest absolute Gasteiger partial charge is 0.308 e. The molecule has 1 amide bonds. The Kier molecular flexibility index (Phi) is 7.89. The number of piperidine rings is 1. The third-order valence-corrected chi connectivity index (χ3v) is 6.24. The molecule has 1 aromatic rings. The van der Waals surface area contributed by atoms with Crippen LogP contribution in [0, 0.1) is 5.92 Å². The van der Waals surface area contributed by atoms with E-state index in [0.29, 0.717) is 50.4 Å². The van der Waals surface area contributed by atoms with Crippen LogP contribution in [0.25, 0.3) is 0 Å². The molecule has 0 bridgehead atoms. The Labute approximate surface area is 172 Å². The summed E-state index contributed by atoms with van der Waals surface area (Å²) in [4.78, 5) is 26.5. The summed E-state index contributed by atoms with van der Waals surface area (Å²) in [7, 11) is -2.34. The van der Waals surface area contributed by atoms with Crippen LogP contribution in [0.5, 0.6) is 5.75 Å². The van der Waals surface area contributed by atoms with Gasteiger partial charge in [0.1, 0.15) is 11.8 Å². The zero-order chi connectivity index (χ0) is 21.6. The third kappa shape index (κ3) is 5.62. The molecule has 1 saturated heterocycles. The number of carbonyl (C=O) groups is 2. The molecule has 0 spiro atoms. The number of benzene rings is 1. The molecule has 1 aliphatic rings. The molecule has 1 fully saturated rings. The van der Waals surface area contributed by atoms with Crippen molar-refractivity contribution in [3.05, 3.63) is 24.3 Å². The van der Waals surface area contributed by atoms with Crippen molar-refractivity contribution in [3.8, 4) is 5.75 Å². The Balaban J connectivity index is 2.23. The van der Waals surface area contributed by atoms with E-state index in [9.17, 15) is 18.0 Å². The molecule has 1 atom stereocenters. The van der Waals surface area contributed by atoms with E-state index in [2.05, 4.69) is 0 Å². The molecule has 0 unspecified atom stereocenters. The van der Waals surface area contributed by atoms with Crippen LogP contribution in [-0.2, 0) is 24.3 Å². The van der Waals surface area contributed by atoms with Gasteiger partial charge in [-0.2, -0.15) is 0 Å². The average Bonchev–Trinajstić information content (AvgIpc) is 2.71. The number of hydrogen-bond acceptors (Lipinski definition) is 6. The molecule has 0 N–H and O–H groups in total. The Bertz CT molecular complexity index is 801. The van der Waals surface area contributed by atoms with Gasteiger partial charge in [0.15, 0.2) is 0 Å². The van der Waals surface area contributed by atoms with Gasteiger partial charge in [-0.1, -0.05) is 6.92 Å². The molecule has 9 heteroatoms. The van der Waals surface area contributed by atoms with Crippen LogP contribution in [0.1, 0.15) is 33.1 Å². The summed E-state index contributed by atoms with van der Waals surface area (Å²) in [5.74, 6) is -0.110. The molecule has 0 radical (unpaired) electrons. The van der Waals surface area contributed by atoms with E-state index in [-0.39, 0.29) is 17.8 Å². The number of carbonyl (C=O) groups excluding carboxylic acids is 2. The average molecular weight is 427 g/mol. The van der Waals surface area contributed by atoms with Crippen LogP contribution in [-0.4, -0.2) is 64.3 Å². The minimum Gasteiger partial charge on any atom is -0.494 e. The maximum Gasteiger partial charge on any atom is 0.308 e. The molecular formula is C20H30N2O6S. The molecule has 1 aromatic carbocycles. The van der Waals surface area contributed by atoms with Gasteiger partial charge in [-0.3, -0.25) is 13.9 Å². The number of anilines is 1. The Morgan fingerprint density at radius 3 is 2.21 bits per heavy atom. The highest BCUT2D eigenvalue weighted by Gasteiger charge is 2.36. The summed E-state index contributed by atoms with van der Waals surface area (Å²) in [5, 5.41) is 0. The van der Waals surface area contributed by atoms with E-state index in [4.69, 9.17) is 9.47 Å². The van der Waals surface area contributed by atoms with Crippen molar-refractivity contribution in [2.45, 2.75) is 39.2 Å². The van der Waals surface area contributed by atoms with E-state index in [1.807, 2.05) is 6.92 Å². The van der Waals surface area contributed by atoms with Crippen molar-refractivity contribution < 1.29 is 27.5 Å². The number of methoxy groups -OCH3 is 1. The maximum absolute atomic E-state index is 13.2. The molecule has 0 aromatic heterocycles. The lowest BCUT2D eigenvalue weighted by Crippen LogP contribution is -2.52. The Morgan fingerprint density at radius 1 is 1.17 bits per heavy atom. The Hall–Kier alpha value is -2.29. The van der Waals surface area contributed by atoms with Crippen molar-refractivity contribution >= 4 is 27.6 Å². The van der Waals surface area contributed by atoms with Gasteiger partial charge in [0, 0.05) is 13.1 Å². The van der Waals surface area contributed by atoms with Crippen LogP contribution < -0.4 is 9.04 Å². The minimum absolute atomic E-state index is 0.221. The van der Waals surface area contributed by atoms with Crippen LogP contribution in [0.15, 0.2) is 24.3 Å². The first-order valence-corrected chi connectivity index (χ1v) is 11.7. The van der Waals surface area contributed by atoms with E-state index < -0.39 is 16.1 Å². The van der Waals surface area contributed by atoms with E-state index >= 15 is 0 Å². The zero-order valence-corrected chi connectivity index (χ0v) is 18.3. The first-order valence-electron chi connectivity index (χ1n) is 9.81. The largest absolute Gasteiger partial charge is 0.494 e. The lowest BCUT2D eigenvalue weighted by Gasteiger charge is -2.37. The SMILES string of the molecule is CCOc1ccc(N([C@@H](CC)C(=O)N2CCC(C(=O)OC)CC2)S(C)(=O)=O)cc1. The predicted molar refractivity (Wildman–Crippen MR) is 110 cm³/mol. The molecule has 0 aliphatic carbocycles. The van der Waals surface area contributed by atoms with Gasteiger partial charge in [-0.05, 0) is 50.5 Å². The lowest BCUT2D eigenvalue weighted by molar-refractivity contribution is -0.149. The monoisotopic (exact) mass is 426 g/mol. The zero-order valence-electron chi connectivity index (χ0n) is 17.5. The number of rotatable bonds is 8. The molecule has 0 saturated carbocycles. The van der Waals surface area contributed by atoms with Crippen molar-refractivity contribution in [3.63, 3.8) is 0 Å². The normalized spacial score (nSPS) is 16.2. The molecule has 8 nitrogen and oxygen atoms in total. The van der Waals surface area contributed by atoms with Crippen molar-refractivity contribution in [2.24, 2.45) is 5.92 Å². The fraction of sp³-hybridized carbons (Fsp3) is 0.600. The standard InChI is InChI=1S/C20H30N2O6S/c1-5-18(19(23)21-13-11-15(12-14-21)20(24)27-3)22(29(4,25)26)16-7-9-17(10-8-16)28-6-2/h7-10,15,18H,5-6,11-14H2,1-4H3/t18-/m0/s1. The van der Waals surface area contributed by atoms with E-state index in [1.165, 1.54) is 11.4 Å². The highest BCUT2D eigenvalue weighted by molar-refractivity contribution is 7.92. The van der Waals surface area contributed by atoms with Gasteiger partial charge in [0.05, 0.1) is 31.6 Å². The van der Waals surface area contributed by atoms with Crippen LogP contribution in [0.4, 0.5) is 5.69 Å². The summed E-state index contributed by atoms with van der Waals surface area (Å²) in [6.45, 7) is 4.96. The van der Waals surface area contributed by atoms with Crippen molar-refractivity contribution in [2.75, 3.05) is 37.4 Å². The molecule has 2 rings (SSSR count). The number of nitrogens with zero attached hydrogens (tertiary/aromatic N) is 2. The number of sulfonamides is 1. The van der Waals surface area contributed by atoms with Crippen LogP contribution in [0.2, 0.25) is 0 Å². The second kappa shape index (κ2) is 9.96. The van der Waals surface area contributed by atoms with Gasteiger partial charge >= 0.3 is 5.97 Å². The molecular weight excluding hydrogens is 396 g/mol. The van der Waals surface area contributed by atoms with Gasteiger partial charge in [-0.15, -0.1) is 0 Å². The highest BCUT2D eigenvalue weighted by Crippen LogP contribution is 2.27. The van der Waals surface area contributed by atoms with Gasteiger partial charge in [0.2, 0.25) is 15.9 Å². The molecule has 29 heavy (non-hydrogen) atoms.